The summed E-state index contributed by atoms with van der Waals surface area (Å²) in [5.74, 6) is 0.564. The van der Waals surface area contributed by atoms with Gasteiger partial charge in [-0.2, -0.15) is 0 Å². The molecule has 0 unspecified atom stereocenters. The molecular formula is C21H24N2O4. The summed E-state index contributed by atoms with van der Waals surface area (Å²) in [6.45, 7) is 5.83. The topological polar surface area (TPSA) is 70.1 Å². The standard InChI is InChI=1S/C21H24N2O4/c1-15-6-7-19(16(2)12-15)27-14-20(25)22-8-10-23(11-9-22)21(26)17-4-3-5-18(24)13-17/h3-7,12-13,24H,8-11,14H2,1-2H3. The number of carbonyl (C=O) groups excluding carboxylic acids is 2. The van der Waals surface area contributed by atoms with Crippen LogP contribution in [0.4, 0.5) is 0 Å². The van der Waals surface area contributed by atoms with Crippen molar-refractivity contribution >= 4 is 11.8 Å². The van der Waals surface area contributed by atoms with Crippen molar-refractivity contribution in [3.8, 4) is 11.5 Å². The van der Waals surface area contributed by atoms with Crippen molar-refractivity contribution in [1.29, 1.82) is 0 Å². The Labute approximate surface area is 159 Å². The number of rotatable bonds is 4. The van der Waals surface area contributed by atoms with E-state index < -0.39 is 0 Å². The number of ether oxygens (including phenoxy) is 1. The molecule has 6 nitrogen and oxygen atoms in total. The molecule has 6 heteroatoms. The SMILES string of the molecule is Cc1ccc(OCC(=O)N2CCN(C(=O)c3cccc(O)c3)CC2)c(C)c1. The van der Waals surface area contributed by atoms with Gasteiger partial charge in [-0.25, -0.2) is 0 Å². The average molecular weight is 368 g/mol. The molecule has 0 radical (unpaired) electrons. The van der Waals surface area contributed by atoms with Crippen molar-refractivity contribution in [1.82, 2.24) is 9.80 Å². The highest BCUT2D eigenvalue weighted by molar-refractivity contribution is 5.94. The molecule has 1 aliphatic rings. The Bertz CT molecular complexity index is 842. The highest BCUT2D eigenvalue weighted by atomic mass is 16.5. The third-order valence-corrected chi connectivity index (χ3v) is 4.69. The van der Waals surface area contributed by atoms with Crippen LogP contribution >= 0.6 is 0 Å². The van der Waals surface area contributed by atoms with Gasteiger partial charge in [0.1, 0.15) is 11.5 Å². The zero-order valence-electron chi connectivity index (χ0n) is 15.6. The van der Waals surface area contributed by atoms with Gasteiger partial charge in [-0.1, -0.05) is 23.8 Å². The van der Waals surface area contributed by atoms with Crippen LogP contribution < -0.4 is 4.74 Å². The Morgan fingerprint density at radius 1 is 1.00 bits per heavy atom. The van der Waals surface area contributed by atoms with Gasteiger partial charge >= 0.3 is 0 Å². The number of carbonyl (C=O) groups is 2. The molecular weight excluding hydrogens is 344 g/mol. The van der Waals surface area contributed by atoms with Crippen LogP contribution in [-0.2, 0) is 4.79 Å². The molecule has 2 aromatic carbocycles. The van der Waals surface area contributed by atoms with Crippen LogP contribution in [0.3, 0.4) is 0 Å². The monoisotopic (exact) mass is 368 g/mol. The van der Waals surface area contributed by atoms with Gasteiger partial charge in [0.05, 0.1) is 0 Å². The summed E-state index contributed by atoms with van der Waals surface area (Å²) in [4.78, 5) is 28.3. The van der Waals surface area contributed by atoms with E-state index in [9.17, 15) is 14.7 Å². The van der Waals surface area contributed by atoms with Crippen LogP contribution in [0.25, 0.3) is 0 Å². The lowest BCUT2D eigenvalue weighted by atomic mass is 10.1. The molecule has 0 aliphatic carbocycles. The zero-order valence-corrected chi connectivity index (χ0v) is 15.6. The van der Waals surface area contributed by atoms with E-state index in [2.05, 4.69) is 0 Å². The normalized spacial score (nSPS) is 14.1. The molecule has 1 heterocycles. The molecule has 0 bridgehead atoms. The van der Waals surface area contributed by atoms with E-state index in [1.165, 1.54) is 12.1 Å². The van der Waals surface area contributed by atoms with E-state index >= 15 is 0 Å². The van der Waals surface area contributed by atoms with Gasteiger partial charge in [0, 0.05) is 31.7 Å². The molecule has 2 amide bonds. The van der Waals surface area contributed by atoms with Crippen molar-refractivity contribution in [2.75, 3.05) is 32.8 Å². The van der Waals surface area contributed by atoms with Crippen LogP contribution in [0, 0.1) is 13.8 Å². The lowest BCUT2D eigenvalue weighted by Gasteiger charge is -2.34. The molecule has 2 aromatic rings. The molecule has 1 aliphatic heterocycles. The predicted octanol–water partition coefficient (Wildman–Crippen LogP) is 2.37. The van der Waals surface area contributed by atoms with E-state index in [4.69, 9.17) is 4.74 Å². The first kappa shape index (κ1) is 18.8. The van der Waals surface area contributed by atoms with Gasteiger partial charge in [0.2, 0.25) is 0 Å². The van der Waals surface area contributed by atoms with Crippen molar-refractivity contribution in [2.24, 2.45) is 0 Å². The predicted molar refractivity (Wildman–Crippen MR) is 102 cm³/mol. The number of aromatic hydroxyl groups is 1. The Hall–Kier alpha value is -3.02. The minimum atomic E-state index is -0.135. The Morgan fingerprint density at radius 2 is 1.70 bits per heavy atom. The van der Waals surface area contributed by atoms with E-state index in [1.54, 1.807) is 21.9 Å². The molecule has 142 valence electrons. The number of hydrogen-bond donors (Lipinski definition) is 1. The van der Waals surface area contributed by atoms with Crippen molar-refractivity contribution in [3.05, 3.63) is 59.2 Å². The number of phenols is 1. The van der Waals surface area contributed by atoms with Gasteiger partial charge < -0.3 is 19.6 Å². The molecule has 0 spiro atoms. The lowest BCUT2D eigenvalue weighted by Crippen LogP contribution is -2.51. The van der Waals surface area contributed by atoms with Crippen molar-refractivity contribution in [3.63, 3.8) is 0 Å². The van der Waals surface area contributed by atoms with Crippen molar-refractivity contribution in [2.45, 2.75) is 13.8 Å². The van der Waals surface area contributed by atoms with Gasteiger partial charge in [0.15, 0.2) is 6.61 Å². The summed E-state index contributed by atoms with van der Waals surface area (Å²) >= 11 is 0. The van der Waals surface area contributed by atoms with Crippen LogP contribution in [0.1, 0.15) is 21.5 Å². The fourth-order valence-corrected chi connectivity index (χ4v) is 3.17. The smallest absolute Gasteiger partial charge is 0.260 e. The summed E-state index contributed by atoms with van der Waals surface area (Å²) in [6, 6.07) is 12.2. The third kappa shape index (κ3) is 4.58. The van der Waals surface area contributed by atoms with E-state index in [1.807, 2.05) is 32.0 Å². The summed E-state index contributed by atoms with van der Waals surface area (Å²) < 4.78 is 5.66. The molecule has 1 fully saturated rings. The molecule has 27 heavy (non-hydrogen) atoms. The van der Waals surface area contributed by atoms with E-state index in [0.717, 1.165) is 11.1 Å². The number of amides is 2. The summed E-state index contributed by atoms with van der Waals surface area (Å²) in [5, 5.41) is 9.53. The number of piperazine rings is 1. The van der Waals surface area contributed by atoms with E-state index in [0.29, 0.717) is 37.5 Å². The van der Waals surface area contributed by atoms with Gasteiger partial charge in [-0.15, -0.1) is 0 Å². The van der Waals surface area contributed by atoms with Gasteiger partial charge in [-0.05, 0) is 43.7 Å². The summed E-state index contributed by atoms with van der Waals surface area (Å²) in [5.41, 5.74) is 2.61. The molecule has 1 N–H and O–H groups in total. The second-order valence-electron chi connectivity index (χ2n) is 6.78. The van der Waals surface area contributed by atoms with Crippen molar-refractivity contribution < 1.29 is 19.4 Å². The highest BCUT2D eigenvalue weighted by Crippen LogP contribution is 2.19. The minimum Gasteiger partial charge on any atom is -0.508 e. The maximum Gasteiger partial charge on any atom is 0.260 e. The molecule has 1 saturated heterocycles. The van der Waals surface area contributed by atoms with Crippen LogP contribution in [0.5, 0.6) is 11.5 Å². The molecule has 0 aromatic heterocycles. The maximum atomic E-state index is 12.5. The highest BCUT2D eigenvalue weighted by Gasteiger charge is 2.25. The van der Waals surface area contributed by atoms with Gasteiger partial charge in [-0.3, -0.25) is 9.59 Å². The number of nitrogens with zero attached hydrogens (tertiary/aromatic N) is 2. The van der Waals surface area contributed by atoms with Crippen LogP contribution in [-0.4, -0.2) is 59.5 Å². The minimum absolute atomic E-state index is 0.00952. The number of hydrogen-bond acceptors (Lipinski definition) is 4. The first-order valence-electron chi connectivity index (χ1n) is 9.00. The summed E-state index contributed by atoms with van der Waals surface area (Å²) in [7, 11) is 0. The van der Waals surface area contributed by atoms with Gasteiger partial charge in [0.25, 0.3) is 11.8 Å². The maximum absolute atomic E-state index is 12.5. The summed E-state index contributed by atoms with van der Waals surface area (Å²) in [6.07, 6.45) is 0. The second-order valence-corrected chi connectivity index (χ2v) is 6.78. The number of phenolic OH excluding ortho intramolecular Hbond substituents is 1. The lowest BCUT2D eigenvalue weighted by molar-refractivity contribution is -0.134. The van der Waals surface area contributed by atoms with Crippen LogP contribution in [0.2, 0.25) is 0 Å². The Morgan fingerprint density at radius 3 is 2.37 bits per heavy atom. The average Bonchev–Trinajstić information content (AvgIpc) is 2.66. The third-order valence-electron chi connectivity index (χ3n) is 4.69. The second kappa shape index (κ2) is 8.12. The molecule has 0 saturated carbocycles. The number of benzene rings is 2. The quantitative estimate of drug-likeness (QED) is 0.900. The molecule has 3 rings (SSSR count). The first-order chi connectivity index (χ1) is 12.9. The largest absolute Gasteiger partial charge is 0.508 e. The zero-order chi connectivity index (χ0) is 19.4. The first-order valence-corrected chi connectivity index (χ1v) is 9.00. The molecule has 0 atom stereocenters. The fraction of sp³-hybridized carbons (Fsp3) is 0.333. The fourth-order valence-electron chi connectivity index (χ4n) is 3.17. The van der Waals surface area contributed by atoms with E-state index in [-0.39, 0.29) is 24.2 Å². The number of aryl methyl sites for hydroxylation is 2. The Kier molecular flexibility index (Phi) is 5.64. The Balaban J connectivity index is 1.51. The van der Waals surface area contributed by atoms with Crippen LogP contribution in [0.15, 0.2) is 42.5 Å².